The number of ether oxygens (including phenoxy) is 2. The summed E-state index contributed by atoms with van der Waals surface area (Å²) in [5, 5.41) is 0. The molecule has 2 bridgehead atoms. The molecule has 5 heteroatoms. The number of esters is 2. The first-order valence-electron chi connectivity index (χ1n) is 15.0. The number of benzene rings is 2. The Morgan fingerprint density at radius 3 is 1.92 bits per heavy atom. The Morgan fingerprint density at radius 1 is 0.816 bits per heavy atom. The highest BCUT2D eigenvalue weighted by molar-refractivity contribution is 5.89. The zero-order valence-corrected chi connectivity index (χ0v) is 23.0. The Kier molecular flexibility index (Phi) is 8.52. The van der Waals surface area contributed by atoms with E-state index in [1.807, 2.05) is 60.7 Å². The summed E-state index contributed by atoms with van der Waals surface area (Å²) in [5.74, 6) is -0.815. The van der Waals surface area contributed by atoms with E-state index in [1.54, 1.807) is 0 Å². The summed E-state index contributed by atoms with van der Waals surface area (Å²) in [6.07, 6.45) is 12.3. The van der Waals surface area contributed by atoms with Crippen LogP contribution in [0.4, 0.5) is 0 Å². The van der Waals surface area contributed by atoms with Crippen molar-refractivity contribution in [2.75, 3.05) is 13.1 Å². The van der Waals surface area contributed by atoms with Gasteiger partial charge in [0.05, 0.1) is 25.2 Å². The lowest BCUT2D eigenvalue weighted by atomic mass is 9.85. The van der Waals surface area contributed by atoms with Crippen LogP contribution in [-0.4, -0.2) is 47.7 Å². The van der Waals surface area contributed by atoms with E-state index in [9.17, 15) is 9.59 Å². The Balaban J connectivity index is 1.40. The highest BCUT2D eigenvalue weighted by Crippen LogP contribution is 2.47. The monoisotopic (exact) mass is 518 g/mol. The number of quaternary nitrogens is 1. The molecule has 3 aliphatic rings. The number of carbonyl (C=O) groups excluding carboxylic acids is 2. The first-order chi connectivity index (χ1) is 18.6. The molecule has 2 unspecified atom stereocenters. The second-order valence-corrected chi connectivity index (χ2v) is 11.7. The van der Waals surface area contributed by atoms with Gasteiger partial charge in [-0.05, 0) is 6.42 Å². The van der Waals surface area contributed by atoms with Crippen molar-refractivity contribution in [3.8, 4) is 0 Å². The van der Waals surface area contributed by atoms with Gasteiger partial charge >= 0.3 is 11.9 Å². The smallest absolute Gasteiger partial charge is 0.360 e. The molecule has 3 heterocycles. The lowest BCUT2D eigenvalue weighted by Crippen LogP contribution is -2.60. The molecule has 2 aromatic carbocycles. The highest BCUT2D eigenvalue weighted by Gasteiger charge is 2.57. The number of rotatable bonds is 11. The Bertz CT molecular complexity index is 1010. The number of hydrogen-bond donors (Lipinski definition) is 0. The molecule has 3 aliphatic heterocycles. The maximum absolute atomic E-state index is 14.3. The average molecular weight is 519 g/mol. The SMILES string of the molecule is CCCCCCCC(=O)OC(C(=O)OC1CC2CCC(C1)[N+]21CCCC1)(c1ccccc1)c1ccccc1. The first-order valence-corrected chi connectivity index (χ1v) is 15.0. The van der Waals surface area contributed by atoms with Gasteiger partial charge in [-0.2, -0.15) is 0 Å². The van der Waals surface area contributed by atoms with E-state index >= 15 is 0 Å². The molecule has 0 aliphatic carbocycles. The molecular weight excluding hydrogens is 474 g/mol. The number of hydrogen-bond acceptors (Lipinski definition) is 4. The third-order valence-electron chi connectivity index (χ3n) is 9.43. The van der Waals surface area contributed by atoms with E-state index < -0.39 is 11.6 Å². The number of unbranched alkanes of at least 4 members (excludes halogenated alkanes) is 4. The molecule has 3 fully saturated rings. The van der Waals surface area contributed by atoms with Crippen LogP contribution in [0.3, 0.4) is 0 Å². The van der Waals surface area contributed by atoms with Gasteiger partial charge in [0.15, 0.2) is 0 Å². The molecule has 0 saturated carbocycles. The molecule has 1 spiro atoms. The van der Waals surface area contributed by atoms with Gasteiger partial charge in [-0.15, -0.1) is 0 Å². The van der Waals surface area contributed by atoms with Crippen LogP contribution in [0, 0.1) is 0 Å². The quantitative estimate of drug-likeness (QED) is 0.189. The summed E-state index contributed by atoms with van der Waals surface area (Å²) in [6, 6.07) is 20.1. The van der Waals surface area contributed by atoms with Crippen molar-refractivity contribution in [1.82, 2.24) is 0 Å². The summed E-state index contributed by atoms with van der Waals surface area (Å²) in [4.78, 5) is 27.6. The zero-order valence-electron chi connectivity index (χ0n) is 23.0. The van der Waals surface area contributed by atoms with Crippen molar-refractivity contribution in [1.29, 1.82) is 0 Å². The van der Waals surface area contributed by atoms with Crippen LogP contribution in [0.25, 0.3) is 0 Å². The zero-order chi connectivity index (χ0) is 26.4. The molecule has 0 N–H and O–H groups in total. The fourth-order valence-electron chi connectivity index (χ4n) is 7.54. The molecule has 3 saturated heterocycles. The maximum Gasteiger partial charge on any atom is 0.360 e. The van der Waals surface area contributed by atoms with Crippen molar-refractivity contribution in [3.63, 3.8) is 0 Å². The molecule has 5 nitrogen and oxygen atoms in total. The Hall–Kier alpha value is -2.66. The van der Waals surface area contributed by atoms with Gasteiger partial charge in [0.1, 0.15) is 6.10 Å². The van der Waals surface area contributed by atoms with Crippen molar-refractivity contribution in [2.45, 2.75) is 108 Å². The normalized spacial score (nSPS) is 23.9. The van der Waals surface area contributed by atoms with E-state index in [1.165, 1.54) is 49.7 Å². The Morgan fingerprint density at radius 2 is 1.37 bits per heavy atom. The van der Waals surface area contributed by atoms with Crippen molar-refractivity contribution >= 4 is 11.9 Å². The standard InChI is InChI=1S/C33H44NO4/c1-2-3-4-5-12-19-31(35)38-33(26-15-8-6-9-16-26,27-17-10-7-11-18-27)32(36)37-30-24-28-20-21-29(25-30)34(28)22-13-14-23-34/h6-11,15-18,28-30H,2-5,12-14,19-25H2,1H3/q+1. The van der Waals surface area contributed by atoms with E-state index in [4.69, 9.17) is 9.47 Å². The lowest BCUT2D eigenvalue weighted by Gasteiger charge is -2.47. The van der Waals surface area contributed by atoms with Gasteiger partial charge in [0.25, 0.3) is 5.60 Å². The summed E-state index contributed by atoms with van der Waals surface area (Å²) < 4.78 is 13.9. The molecule has 204 valence electrons. The minimum Gasteiger partial charge on any atom is -0.458 e. The third kappa shape index (κ3) is 5.27. The van der Waals surface area contributed by atoms with Crippen LogP contribution in [0.1, 0.15) is 95.1 Å². The largest absolute Gasteiger partial charge is 0.458 e. The summed E-state index contributed by atoms with van der Waals surface area (Å²) in [7, 11) is 0. The van der Waals surface area contributed by atoms with Crippen LogP contribution in [0.15, 0.2) is 60.7 Å². The van der Waals surface area contributed by atoms with E-state index in [-0.39, 0.29) is 12.1 Å². The number of carbonyl (C=O) groups is 2. The Labute approximate surface area is 228 Å². The van der Waals surface area contributed by atoms with Crippen LogP contribution in [-0.2, 0) is 24.7 Å². The van der Waals surface area contributed by atoms with E-state index in [0.717, 1.165) is 38.5 Å². The van der Waals surface area contributed by atoms with Crippen LogP contribution >= 0.6 is 0 Å². The summed E-state index contributed by atoms with van der Waals surface area (Å²) >= 11 is 0. The number of nitrogens with zero attached hydrogens (tertiary/aromatic N) is 1. The fraction of sp³-hybridized carbons (Fsp3) is 0.576. The lowest BCUT2D eigenvalue weighted by molar-refractivity contribution is -0.956. The molecule has 0 aromatic heterocycles. The molecule has 0 radical (unpaired) electrons. The number of piperidine rings is 1. The molecule has 2 aromatic rings. The third-order valence-corrected chi connectivity index (χ3v) is 9.43. The minimum atomic E-state index is -1.61. The van der Waals surface area contributed by atoms with Crippen LogP contribution in [0.2, 0.25) is 0 Å². The van der Waals surface area contributed by atoms with Crippen molar-refractivity contribution in [3.05, 3.63) is 71.8 Å². The van der Waals surface area contributed by atoms with Gasteiger partial charge in [0, 0.05) is 56.1 Å². The molecule has 5 rings (SSSR count). The maximum atomic E-state index is 14.3. The van der Waals surface area contributed by atoms with Crippen LogP contribution < -0.4 is 0 Å². The van der Waals surface area contributed by atoms with E-state index in [0.29, 0.717) is 29.6 Å². The predicted molar refractivity (Wildman–Crippen MR) is 148 cm³/mol. The second kappa shape index (κ2) is 12.0. The van der Waals surface area contributed by atoms with Crippen molar-refractivity contribution < 1.29 is 23.5 Å². The van der Waals surface area contributed by atoms with Gasteiger partial charge in [-0.1, -0.05) is 93.3 Å². The van der Waals surface area contributed by atoms with Gasteiger partial charge in [-0.3, -0.25) is 4.79 Å². The fourth-order valence-corrected chi connectivity index (χ4v) is 7.54. The second-order valence-electron chi connectivity index (χ2n) is 11.7. The first kappa shape index (κ1) is 26.9. The minimum absolute atomic E-state index is 0.135. The topological polar surface area (TPSA) is 52.6 Å². The molecule has 0 amide bonds. The summed E-state index contributed by atoms with van der Waals surface area (Å²) in [5.41, 5.74) is -0.339. The van der Waals surface area contributed by atoms with Gasteiger partial charge in [0.2, 0.25) is 0 Å². The molecular formula is C33H44NO4+. The van der Waals surface area contributed by atoms with Gasteiger partial charge < -0.3 is 14.0 Å². The summed E-state index contributed by atoms with van der Waals surface area (Å²) in [6.45, 7) is 4.74. The van der Waals surface area contributed by atoms with Gasteiger partial charge in [-0.25, -0.2) is 4.79 Å². The van der Waals surface area contributed by atoms with Crippen molar-refractivity contribution in [2.24, 2.45) is 0 Å². The van der Waals surface area contributed by atoms with Crippen LogP contribution in [0.5, 0.6) is 0 Å². The predicted octanol–water partition coefficient (Wildman–Crippen LogP) is 6.68. The molecule has 2 atom stereocenters. The van der Waals surface area contributed by atoms with E-state index in [2.05, 4.69) is 6.92 Å². The highest BCUT2D eigenvalue weighted by atomic mass is 16.6. The molecule has 38 heavy (non-hydrogen) atoms. The average Bonchev–Trinajstić information content (AvgIpc) is 3.49.